The summed E-state index contributed by atoms with van der Waals surface area (Å²) < 4.78 is 20.2. The van der Waals surface area contributed by atoms with Gasteiger partial charge in [-0.25, -0.2) is 4.39 Å². The molecule has 0 unspecified atom stereocenters. The van der Waals surface area contributed by atoms with Gasteiger partial charge in [-0.05, 0) is 31.2 Å². The summed E-state index contributed by atoms with van der Waals surface area (Å²) in [6, 6.07) is 5.71. The van der Waals surface area contributed by atoms with E-state index in [1.807, 2.05) is 0 Å². The third-order valence-corrected chi connectivity index (χ3v) is 4.07. The molecule has 0 aliphatic rings. The Kier molecular flexibility index (Phi) is 5.75. The van der Waals surface area contributed by atoms with Crippen molar-refractivity contribution in [3.8, 4) is 5.75 Å². The molecule has 0 bridgehead atoms. The minimum Gasteiger partial charge on any atom is -0.486 e. The minimum absolute atomic E-state index is 0.165. The minimum atomic E-state index is -0.424. The molecule has 1 heterocycles. The number of hydrogen-bond donors (Lipinski definition) is 1. The normalized spacial score (nSPS) is 11.9. The highest BCUT2D eigenvalue weighted by Crippen LogP contribution is 2.23. The zero-order valence-corrected chi connectivity index (χ0v) is 13.4. The molecular weight excluding hydrogens is 319 g/mol. The van der Waals surface area contributed by atoms with Gasteiger partial charge in [-0.3, -0.25) is 9.36 Å². The summed E-state index contributed by atoms with van der Waals surface area (Å²) in [7, 11) is 0. The topological polar surface area (TPSA) is 83.0 Å². The predicted molar refractivity (Wildman–Crippen MR) is 85.5 cm³/mol. The van der Waals surface area contributed by atoms with Gasteiger partial charge < -0.3 is 10.5 Å². The molecule has 1 aromatic heterocycles. The van der Waals surface area contributed by atoms with Crippen molar-refractivity contribution in [3.05, 3.63) is 48.6 Å². The number of nitrogens with two attached hydrogens (primary N) is 1. The zero-order chi connectivity index (χ0) is 16.8. The van der Waals surface area contributed by atoms with Gasteiger partial charge in [-0.15, -0.1) is 16.8 Å². The molecule has 0 spiro atoms. The number of amides is 1. The Balaban J connectivity index is 2.11. The molecule has 23 heavy (non-hydrogen) atoms. The number of halogens is 1. The molecule has 122 valence electrons. The lowest BCUT2D eigenvalue weighted by atomic mass is 10.3. The Morgan fingerprint density at radius 2 is 2.17 bits per heavy atom. The van der Waals surface area contributed by atoms with E-state index in [1.165, 1.54) is 36.0 Å². The van der Waals surface area contributed by atoms with Gasteiger partial charge in [0.15, 0.2) is 11.0 Å². The van der Waals surface area contributed by atoms with Crippen LogP contribution in [0.4, 0.5) is 4.39 Å². The van der Waals surface area contributed by atoms with Crippen LogP contribution in [0.25, 0.3) is 0 Å². The lowest BCUT2D eigenvalue weighted by Gasteiger charge is -2.10. The maximum absolute atomic E-state index is 12.9. The standard InChI is InChI=1S/C15H17FN4O2S/c1-3-8-20-13(9-22-12-6-4-11(16)5-7-12)18-19-15(20)23-10(2)14(17)21/h3-7,10H,1,8-9H2,2H3,(H2,17,21)/t10-/m0/s1. The molecule has 0 saturated heterocycles. The summed E-state index contributed by atoms with van der Waals surface area (Å²) in [6.07, 6.45) is 1.70. The van der Waals surface area contributed by atoms with Crippen molar-refractivity contribution < 1.29 is 13.9 Å². The van der Waals surface area contributed by atoms with E-state index in [1.54, 1.807) is 17.6 Å². The second kappa shape index (κ2) is 7.77. The predicted octanol–water partition coefficient (Wildman–Crippen LogP) is 2.15. The molecule has 0 radical (unpaired) electrons. The Morgan fingerprint density at radius 1 is 1.48 bits per heavy atom. The molecule has 2 N–H and O–H groups in total. The van der Waals surface area contributed by atoms with E-state index in [0.717, 1.165) is 0 Å². The highest BCUT2D eigenvalue weighted by atomic mass is 32.2. The molecule has 1 amide bonds. The molecule has 0 aliphatic carbocycles. The van der Waals surface area contributed by atoms with Crippen LogP contribution in [-0.4, -0.2) is 25.9 Å². The largest absolute Gasteiger partial charge is 0.486 e. The first-order valence-corrected chi connectivity index (χ1v) is 7.76. The van der Waals surface area contributed by atoms with Crippen LogP contribution in [0.1, 0.15) is 12.7 Å². The Bertz CT molecular complexity index is 687. The number of carbonyl (C=O) groups is 1. The maximum Gasteiger partial charge on any atom is 0.230 e. The highest BCUT2D eigenvalue weighted by molar-refractivity contribution is 8.00. The lowest BCUT2D eigenvalue weighted by molar-refractivity contribution is -0.117. The monoisotopic (exact) mass is 336 g/mol. The first-order chi connectivity index (χ1) is 11.0. The van der Waals surface area contributed by atoms with Crippen molar-refractivity contribution in [1.29, 1.82) is 0 Å². The fourth-order valence-electron chi connectivity index (χ4n) is 1.72. The van der Waals surface area contributed by atoms with Gasteiger partial charge in [-0.2, -0.15) is 0 Å². The molecule has 0 fully saturated rings. The SMILES string of the molecule is C=CCn1c(COc2ccc(F)cc2)nnc1S[C@@H](C)C(N)=O. The van der Waals surface area contributed by atoms with Gasteiger partial charge in [0, 0.05) is 6.54 Å². The quantitative estimate of drug-likeness (QED) is 0.590. The van der Waals surface area contributed by atoms with Crippen LogP contribution in [0, 0.1) is 5.82 Å². The van der Waals surface area contributed by atoms with Crippen molar-refractivity contribution in [2.24, 2.45) is 5.73 Å². The van der Waals surface area contributed by atoms with Gasteiger partial charge in [0.05, 0.1) is 5.25 Å². The van der Waals surface area contributed by atoms with Crippen LogP contribution in [0.3, 0.4) is 0 Å². The fraction of sp³-hybridized carbons (Fsp3) is 0.267. The van der Waals surface area contributed by atoms with Crippen molar-refractivity contribution in [2.75, 3.05) is 0 Å². The molecule has 2 aromatic rings. The average Bonchev–Trinajstić information content (AvgIpc) is 2.89. The molecule has 1 aromatic carbocycles. The van der Waals surface area contributed by atoms with Crippen molar-refractivity contribution in [2.45, 2.75) is 30.5 Å². The molecule has 2 rings (SSSR count). The van der Waals surface area contributed by atoms with Gasteiger partial charge in [-0.1, -0.05) is 17.8 Å². The Morgan fingerprint density at radius 3 is 2.78 bits per heavy atom. The number of aromatic nitrogens is 3. The van der Waals surface area contributed by atoms with Gasteiger partial charge in [0.1, 0.15) is 18.2 Å². The molecule has 0 saturated carbocycles. The highest BCUT2D eigenvalue weighted by Gasteiger charge is 2.18. The third kappa shape index (κ3) is 4.56. The van der Waals surface area contributed by atoms with Crippen LogP contribution in [0.15, 0.2) is 42.1 Å². The first-order valence-electron chi connectivity index (χ1n) is 6.88. The van der Waals surface area contributed by atoms with Gasteiger partial charge in [0.2, 0.25) is 5.91 Å². The Hall–Kier alpha value is -2.35. The summed E-state index contributed by atoms with van der Waals surface area (Å²) in [5.74, 6) is 0.353. The van der Waals surface area contributed by atoms with Crippen LogP contribution in [0.5, 0.6) is 5.75 Å². The van der Waals surface area contributed by atoms with E-state index in [-0.39, 0.29) is 12.4 Å². The number of ether oxygens (including phenoxy) is 1. The number of rotatable bonds is 8. The summed E-state index contributed by atoms with van der Waals surface area (Å²) in [5.41, 5.74) is 5.27. The van der Waals surface area contributed by atoms with Crippen LogP contribution in [0.2, 0.25) is 0 Å². The van der Waals surface area contributed by atoms with Crippen LogP contribution in [-0.2, 0) is 17.9 Å². The smallest absolute Gasteiger partial charge is 0.230 e. The third-order valence-electron chi connectivity index (χ3n) is 2.97. The fourth-order valence-corrected chi connectivity index (χ4v) is 2.55. The maximum atomic E-state index is 12.9. The second-order valence-corrected chi connectivity index (χ2v) is 6.01. The number of benzene rings is 1. The molecule has 6 nitrogen and oxygen atoms in total. The number of hydrogen-bond acceptors (Lipinski definition) is 5. The van der Waals surface area contributed by atoms with E-state index in [4.69, 9.17) is 10.5 Å². The van der Waals surface area contributed by atoms with Gasteiger partial charge in [0.25, 0.3) is 0 Å². The summed E-state index contributed by atoms with van der Waals surface area (Å²) in [4.78, 5) is 11.2. The van der Waals surface area contributed by atoms with Gasteiger partial charge >= 0.3 is 0 Å². The summed E-state index contributed by atoms with van der Waals surface area (Å²) in [5, 5.41) is 8.28. The van der Waals surface area contributed by atoms with Crippen molar-refractivity contribution in [3.63, 3.8) is 0 Å². The summed E-state index contributed by atoms with van der Waals surface area (Å²) in [6.45, 7) is 6.04. The van der Waals surface area contributed by atoms with E-state index in [0.29, 0.717) is 23.3 Å². The lowest BCUT2D eigenvalue weighted by Crippen LogP contribution is -2.23. The van der Waals surface area contributed by atoms with E-state index in [2.05, 4.69) is 16.8 Å². The van der Waals surface area contributed by atoms with Crippen molar-refractivity contribution >= 4 is 17.7 Å². The van der Waals surface area contributed by atoms with E-state index >= 15 is 0 Å². The van der Waals surface area contributed by atoms with E-state index < -0.39 is 11.2 Å². The number of nitrogens with zero attached hydrogens (tertiary/aromatic N) is 3. The average molecular weight is 336 g/mol. The molecular formula is C15H17FN4O2S. The zero-order valence-electron chi connectivity index (χ0n) is 12.6. The van der Waals surface area contributed by atoms with E-state index in [9.17, 15) is 9.18 Å². The number of primary amides is 1. The summed E-state index contributed by atoms with van der Waals surface area (Å²) >= 11 is 1.22. The number of carbonyl (C=O) groups excluding carboxylic acids is 1. The molecule has 1 atom stereocenters. The Labute approximate surface area is 137 Å². The number of thioether (sulfide) groups is 1. The molecule has 8 heteroatoms. The van der Waals surface area contributed by atoms with Crippen molar-refractivity contribution in [1.82, 2.24) is 14.8 Å². The first kappa shape index (κ1) is 17.0. The van der Waals surface area contributed by atoms with Crippen LogP contribution >= 0.6 is 11.8 Å². The molecule has 0 aliphatic heterocycles. The van der Waals surface area contributed by atoms with Crippen LogP contribution < -0.4 is 10.5 Å². The number of allylic oxidation sites excluding steroid dienone is 1. The second-order valence-electron chi connectivity index (χ2n) is 4.70.